The minimum absolute atomic E-state index is 0.0370. The van der Waals surface area contributed by atoms with Crippen molar-refractivity contribution < 1.29 is 80.3 Å². The zero-order valence-corrected chi connectivity index (χ0v) is 48.2. The lowest BCUT2D eigenvalue weighted by Gasteiger charge is -2.25. The molecule has 0 saturated carbocycles. The van der Waals surface area contributed by atoms with Gasteiger partial charge in [0.15, 0.2) is 0 Å². The van der Waals surface area contributed by atoms with Crippen molar-refractivity contribution in [2.45, 2.75) is 72.3 Å². The van der Waals surface area contributed by atoms with Gasteiger partial charge in [-0.15, -0.1) is 0 Å². The Bertz CT molecular complexity index is 3830. The van der Waals surface area contributed by atoms with Crippen LogP contribution in [0.5, 0.6) is 23.0 Å². The molecule has 8 bridgehead atoms. The number of hydrogen-bond acceptors (Lipinski definition) is 22. The minimum atomic E-state index is -5.40. The maximum atomic E-state index is 13.3. The molecule has 4 aromatic heterocycles. The average Bonchev–Trinajstić information content (AvgIpc) is 1.27. The van der Waals surface area contributed by atoms with E-state index >= 15 is 0 Å². The molecule has 4 heterocycles. The summed E-state index contributed by atoms with van der Waals surface area (Å²) in [5.41, 5.74) is 1.66. The molecule has 440 valence electrons. The molecule has 0 fully saturated rings. The summed E-state index contributed by atoms with van der Waals surface area (Å²) < 4.78 is 197. The van der Waals surface area contributed by atoms with Crippen LogP contribution in [-0.4, -0.2) is 111 Å². The van der Waals surface area contributed by atoms with Crippen molar-refractivity contribution in [2.75, 3.05) is 39.6 Å². The van der Waals surface area contributed by atoms with E-state index in [1.54, 1.807) is 99.0 Å². The third-order valence-electron chi connectivity index (χ3n) is 13.1. The monoisotopic (exact) mass is 1220 g/mol. The molecule has 4 aromatic carbocycles. The first-order valence-corrected chi connectivity index (χ1v) is 31.6. The molecule has 26 heteroatoms. The van der Waals surface area contributed by atoms with Crippen LogP contribution in [0.2, 0.25) is 0 Å². The summed E-state index contributed by atoms with van der Waals surface area (Å²) in [7, 11) is -21.6. The molecule has 8 aromatic rings. The van der Waals surface area contributed by atoms with Gasteiger partial charge in [-0.25, -0.2) is 43.6 Å². The lowest BCUT2D eigenvalue weighted by molar-refractivity contribution is 0.109. The molecular weight excluding hydrogens is 1170 g/mol. The molecule has 0 N–H and O–H groups in total. The van der Waals surface area contributed by atoms with Gasteiger partial charge in [0, 0.05) is 95.8 Å². The smallest absolute Gasteiger partial charge is 0.130 e. The van der Waals surface area contributed by atoms with E-state index in [-0.39, 0.29) is 120 Å². The van der Waals surface area contributed by atoms with Crippen LogP contribution < -0.4 is 18.9 Å². The second-order valence-electron chi connectivity index (χ2n) is 18.9. The predicted octanol–water partition coefficient (Wildman–Crippen LogP) is 6.88. The molecule has 1 aliphatic rings. The zero-order chi connectivity index (χ0) is 59.8. The summed E-state index contributed by atoms with van der Waals surface area (Å²) in [5, 5.41) is 0. The van der Waals surface area contributed by atoms with Gasteiger partial charge in [-0.1, -0.05) is 24.3 Å². The van der Waals surface area contributed by atoms with Crippen LogP contribution in [0, 0.1) is 0 Å². The zero-order valence-electron chi connectivity index (χ0n) is 45.0. The van der Waals surface area contributed by atoms with Gasteiger partial charge in [0.05, 0.1) is 67.0 Å². The number of hydrogen-bond donors (Lipinski definition) is 0. The van der Waals surface area contributed by atoms with Gasteiger partial charge in [-0.2, -0.15) is 0 Å². The highest BCUT2D eigenvalue weighted by Gasteiger charge is 2.28. The van der Waals surface area contributed by atoms with E-state index in [4.69, 9.17) is 38.4 Å². The molecule has 1 aliphatic carbocycles. The van der Waals surface area contributed by atoms with Crippen molar-refractivity contribution in [3.8, 4) is 45.8 Å². The maximum absolute atomic E-state index is 13.3. The van der Waals surface area contributed by atoms with Crippen molar-refractivity contribution >= 4 is 40.5 Å². The minimum Gasteiger partial charge on any atom is -0.744 e. The molecule has 0 radical (unpaired) electrons. The first kappa shape index (κ1) is 60.8. The third kappa shape index (κ3) is 15.1. The van der Waals surface area contributed by atoms with Crippen LogP contribution in [0.3, 0.4) is 0 Å². The van der Waals surface area contributed by atoms with Crippen molar-refractivity contribution in [3.05, 3.63) is 190 Å². The van der Waals surface area contributed by atoms with Gasteiger partial charge in [-0.05, 0) is 111 Å². The van der Waals surface area contributed by atoms with Crippen molar-refractivity contribution in [1.29, 1.82) is 0 Å². The van der Waals surface area contributed by atoms with Crippen molar-refractivity contribution in [1.82, 2.24) is 19.9 Å². The molecule has 84 heavy (non-hydrogen) atoms. The normalized spacial score (nSPS) is 12.8. The Morgan fingerprint density at radius 3 is 0.917 bits per heavy atom. The maximum Gasteiger partial charge on any atom is 0.130 e. The Balaban J connectivity index is 1.35. The second-order valence-corrected chi connectivity index (χ2v) is 24.5. The molecule has 0 unspecified atom stereocenters. The summed E-state index contributed by atoms with van der Waals surface area (Å²) >= 11 is 0. The van der Waals surface area contributed by atoms with E-state index in [0.717, 1.165) is 48.5 Å². The molecule has 22 nitrogen and oxygen atoms in total. The van der Waals surface area contributed by atoms with Crippen molar-refractivity contribution in [3.63, 3.8) is 0 Å². The number of benzene rings is 4. The number of fused-ring (bicyclic) bond motifs is 8. The molecule has 0 amide bonds. The van der Waals surface area contributed by atoms with Crippen LogP contribution in [-0.2, 0) is 88.8 Å². The lowest BCUT2D eigenvalue weighted by Crippen LogP contribution is -2.15. The van der Waals surface area contributed by atoms with E-state index in [1.807, 2.05) is 0 Å². The van der Waals surface area contributed by atoms with Crippen LogP contribution in [0.1, 0.15) is 69.7 Å². The second kappa shape index (κ2) is 26.0. The van der Waals surface area contributed by atoms with E-state index in [9.17, 15) is 51.9 Å². The number of pyridine rings is 4. The first-order valence-electron chi connectivity index (χ1n) is 25.9. The van der Waals surface area contributed by atoms with E-state index < -0.39 is 85.7 Å². The Hall–Kier alpha value is -7.76. The lowest BCUT2D eigenvalue weighted by atomic mass is 9.91. The van der Waals surface area contributed by atoms with Crippen molar-refractivity contribution in [2.24, 2.45) is 0 Å². The molecule has 0 saturated heterocycles. The number of nitrogens with zero attached hydrogens (tertiary/aromatic N) is 4. The highest BCUT2D eigenvalue weighted by atomic mass is 32.2. The quantitative estimate of drug-likeness (QED) is 0.0492. The van der Waals surface area contributed by atoms with Gasteiger partial charge >= 0.3 is 0 Å². The number of aromatic nitrogens is 4. The van der Waals surface area contributed by atoms with Gasteiger partial charge in [0.25, 0.3) is 0 Å². The Kier molecular flexibility index (Phi) is 18.8. The summed E-state index contributed by atoms with van der Waals surface area (Å²) in [6.45, 7) is 2.74. The summed E-state index contributed by atoms with van der Waals surface area (Å²) in [4.78, 5) is 14.9. The summed E-state index contributed by atoms with van der Waals surface area (Å²) in [6, 6.07) is 28.4. The van der Waals surface area contributed by atoms with E-state index in [0.29, 0.717) is 34.2 Å². The summed E-state index contributed by atoms with van der Waals surface area (Å²) in [6.07, 6.45) is 0.852. The Labute approximate surface area is 485 Å². The molecule has 0 atom stereocenters. The number of rotatable bonds is 22. The topological polar surface area (TPSA) is 336 Å². The molecule has 9 rings (SSSR count). The molecular formula is C58H52N4O18S4-4. The summed E-state index contributed by atoms with van der Waals surface area (Å²) in [5.74, 6) is -0.508. The van der Waals surface area contributed by atoms with Gasteiger partial charge in [-0.3, -0.25) is 9.97 Å². The van der Waals surface area contributed by atoms with Crippen LogP contribution >= 0.6 is 0 Å². The number of ether oxygens (including phenoxy) is 6. The standard InChI is InChI=1S/C58H56N4O18S4/c1-3-75-19-21-77-55-37-23-41-31-49(83(69,70)71)33-43(57(41)79-35-45-11-9-15-53(61-45)51-13-5-7-17-59-51)25-39-29-48(82(66,67)68)30-40(56(39)78-22-20-76-4-2)26-44-34-50(84(72,73)74)32-42(24-38(55)28-47(27-37)81(63,64)65)58(44)80-36-46-12-10-16-54(62-46)52-14-6-8-18-60-52/h5-18,27-34H,3-4,19-26,35-36H2,1-2H3,(H,63,64,65)(H,66,67,68)(H,69,70,71)(H,72,73,74)/p-4. The van der Waals surface area contributed by atoms with E-state index in [2.05, 4.69) is 9.97 Å². The fourth-order valence-electron chi connectivity index (χ4n) is 9.50. The predicted molar refractivity (Wildman–Crippen MR) is 296 cm³/mol. The highest BCUT2D eigenvalue weighted by molar-refractivity contribution is 7.86. The molecule has 0 aliphatic heterocycles. The first-order chi connectivity index (χ1) is 40.0. The van der Waals surface area contributed by atoms with E-state index in [1.165, 1.54) is 0 Å². The largest absolute Gasteiger partial charge is 0.744 e. The van der Waals surface area contributed by atoms with Crippen LogP contribution in [0.15, 0.2) is 153 Å². The van der Waals surface area contributed by atoms with Crippen LogP contribution in [0.4, 0.5) is 0 Å². The van der Waals surface area contributed by atoms with Gasteiger partial charge in [0.2, 0.25) is 0 Å². The molecule has 0 spiro atoms. The SMILES string of the molecule is CCOCCOc1c2cc(S(=O)(=O)[O-])cc1Cc1cc(S(=O)(=O)[O-])cc(c1OCc1cccc(-c3ccccn3)n1)Cc1cc(S(=O)(=O)[O-])cc(c1OCCOCC)Cc1cc(S(=O)(=O)[O-])cc(c1OCc1cccc(-c3ccccn3)n1)C2. The fourth-order valence-corrected chi connectivity index (χ4v) is 11.8. The highest BCUT2D eigenvalue weighted by Crippen LogP contribution is 2.43. The van der Waals surface area contributed by atoms with Gasteiger partial charge in [0.1, 0.15) is 89.9 Å². The van der Waals surface area contributed by atoms with Gasteiger partial charge < -0.3 is 46.6 Å². The fraction of sp³-hybridized carbons (Fsp3) is 0.241. The third-order valence-corrected chi connectivity index (χ3v) is 16.3. The van der Waals surface area contributed by atoms with Crippen LogP contribution in [0.25, 0.3) is 22.8 Å². The Morgan fingerprint density at radius 2 is 0.655 bits per heavy atom. The average molecular weight is 1220 g/mol. The Morgan fingerprint density at radius 1 is 0.369 bits per heavy atom.